The fourth-order valence-electron chi connectivity index (χ4n) is 12.2. The Kier molecular flexibility index (Phi) is 16.1. The number of nitro groups is 1. The first-order valence-corrected chi connectivity index (χ1v) is 27.2. The molecule has 84 heavy (non-hydrogen) atoms. The molecule has 21 nitrogen and oxygen atoms in total. The highest BCUT2D eigenvalue weighted by molar-refractivity contribution is 6.23. The van der Waals surface area contributed by atoms with Gasteiger partial charge < -0.3 is 43.2 Å². The summed E-state index contributed by atoms with van der Waals surface area (Å²) < 4.78 is 39.4. The molecule has 6 aromatic carbocycles. The number of aliphatic hydroxyl groups is 1. The lowest BCUT2D eigenvalue weighted by atomic mass is 9.64. The monoisotopic (exact) mass is 1140 g/mol. The number of hydrogen-bond acceptors (Lipinski definition) is 18. The number of rotatable bonds is 15. The summed E-state index contributed by atoms with van der Waals surface area (Å²) in [5.74, 6) is 0.482. The third-order valence-electron chi connectivity index (χ3n) is 16.0. The molecule has 21 heteroatoms. The number of benzene rings is 6. The molecule has 5 aliphatic heterocycles. The number of morpholine rings is 1. The molecule has 1 spiro atoms. The van der Waals surface area contributed by atoms with E-state index in [2.05, 4.69) is 16.7 Å². The predicted octanol–water partition coefficient (Wildman–Crippen LogP) is 6.75. The van der Waals surface area contributed by atoms with Gasteiger partial charge in [0.15, 0.2) is 17.4 Å². The number of esters is 3. The van der Waals surface area contributed by atoms with Gasteiger partial charge in [0.05, 0.1) is 49.4 Å². The van der Waals surface area contributed by atoms with Crippen molar-refractivity contribution >= 4 is 47.2 Å². The third kappa shape index (κ3) is 10.5. The summed E-state index contributed by atoms with van der Waals surface area (Å²) >= 11 is 0. The van der Waals surface area contributed by atoms with Crippen molar-refractivity contribution in [2.24, 2.45) is 11.8 Å². The number of anilines is 1. The summed E-state index contributed by atoms with van der Waals surface area (Å²) in [6, 6.07) is 37.2. The van der Waals surface area contributed by atoms with Crippen LogP contribution in [-0.4, -0.2) is 127 Å². The Balaban J connectivity index is 1.11. The van der Waals surface area contributed by atoms with E-state index in [1.54, 1.807) is 35.2 Å². The SMILES string of the molecule is COC(=O)C(CC#Cc1ccc2c(c1)[C@]1(C(=O)N2C(=O)OCc2ccc([N+](=O)[O-])cc2)[C@H](C(=O)N2CCN(Cc3ccc4c(c3)OCO4)CC2)[C@H]2C(=O)O[C@H](c3ccccc3)[C@H](c3ccccc3)N2[C@@H]1c1ccc(OCCO)cc1)C(=O)OC. The van der Waals surface area contributed by atoms with Gasteiger partial charge in [-0.25, -0.2) is 9.69 Å². The topological polar surface area (TPSA) is 243 Å². The minimum atomic E-state index is -2.23. The molecule has 6 atom stereocenters. The number of imide groups is 1. The van der Waals surface area contributed by atoms with Gasteiger partial charge in [0.25, 0.3) is 5.69 Å². The van der Waals surface area contributed by atoms with Crippen LogP contribution in [0, 0.1) is 33.8 Å². The lowest BCUT2D eigenvalue weighted by Gasteiger charge is -2.46. The maximum Gasteiger partial charge on any atom is 0.421 e. The van der Waals surface area contributed by atoms with E-state index in [-0.39, 0.29) is 62.0 Å². The molecule has 5 aliphatic rings. The number of methoxy groups -OCH3 is 2. The van der Waals surface area contributed by atoms with Crippen molar-refractivity contribution in [1.29, 1.82) is 0 Å². The Bertz CT molecular complexity index is 3550. The first-order chi connectivity index (χ1) is 40.8. The fraction of sp³-hybridized carbons (Fsp3) is 0.302. The highest BCUT2D eigenvalue weighted by atomic mass is 16.7. The molecule has 0 aromatic heterocycles. The van der Waals surface area contributed by atoms with Crippen molar-refractivity contribution in [3.05, 3.63) is 195 Å². The zero-order valence-electron chi connectivity index (χ0n) is 45.7. The number of carbonyl (C=O) groups is 6. The van der Waals surface area contributed by atoms with Gasteiger partial charge in [-0.15, -0.1) is 0 Å². The van der Waals surface area contributed by atoms with Crippen LogP contribution in [0.4, 0.5) is 16.2 Å². The number of cyclic esters (lactones) is 1. The summed E-state index contributed by atoms with van der Waals surface area (Å²) in [4.78, 5) is 108. The summed E-state index contributed by atoms with van der Waals surface area (Å²) in [6.45, 7) is 1.02. The quantitative estimate of drug-likeness (QED) is 0.0279. The number of carbonyl (C=O) groups excluding carboxylic acids is 6. The summed E-state index contributed by atoms with van der Waals surface area (Å²) in [5, 5.41) is 21.3. The third-order valence-corrected chi connectivity index (χ3v) is 16.0. The van der Waals surface area contributed by atoms with E-state index in [4.69, 9.17) is 33.2 Å². The van der Waals surface area contributed by atoms with Gasteiger partial charge >= 0.3 is 24.0 Å². The number of amides is 3. The van der Waals surface area contributed by atoms with E-state index in [9.17, 15) is 24.8 Å². The van der Waals surface area contributed by atoms with Gasteiger partial charge in [-0.05, 0) is 88.0 Å². The molecule has 6 aromatic rings. The second-order valence-corrected chi connectivity index (χ2v) is 20.7. The molecule has 0 unspecified atom stereocenters. The Labute approximate surface area is 482 Å². The Morgan fingerprint density at radius 3 is 2.10 bits per heavy atom. The van der Waals surface area contributed by atoms with E-state index >= 15 is 19.2 Å². The number of ether oxygens (including phenoxy) is 7. The number of fused-ring (bicyclic) bond motifs is 4. The van der Waals surface area contributed by atoms with Crippen LogP contribution in [0.1, 0.15) is 63.6 Å². The van der Waals surface area contributed by atoms with E-state index in [1.165, 1.54) is 36.4 Å². The zero-order valence-corrected chi connectivity index (χ0v) is 45.7. The van der Waals surface area contributed by atoms with Crippen LogP contribution < -0.4 is 19.1 Å². The number of non-ortho nitro benzene ring substituents is 1. The van der Waals surface area contributed by atoms with Gasteiger partial charge in [0.2, 0.25) is 18.6 Å². The van der Waals surface area contributed by atoms with Crippen LogP contribution in [-0.2, 0) is 61.5 Å². The number of nitrogens with zero attached hydrogens (tertiary/aromatic N) is 5. The average molecular weight is 1140 g/mol. The Hall–Kier alpha value is -9.62. The first kappa shape index (κ1) is 56.3. The van der Waals surface area contributed by atoms with Crippen LogP contribution in [0.5, 0.6) is 17.2 Å². The maximum absolute atomic E-state index is 16.9. The van der Waals surface area contributed by atoms with Crippen molar-refractivity contribution in [2.75, 3.05) is 65.3 Å². The van der Waals surface area contributed by atoms with Crippen molar-refractivity contribution in [1.82, 2.24) is 14.7 Å². The largest absolute Gasteiger partial charge is 0.491 e. The molecule has 5 heterocycles. The number of hydrogen-bond donors (Lipinski definition) is 1. The minimum absolute atomic E-state index is 0.00424. The van der Waals surface area contributed by atoms with Crippen LogP contribution in [0.3, 0.4) is 0 Å². The van der Waals surface area contributed by atoms with Gasteiger partial charge in [0.1, 0.15) is 36.5 Å². The summed E-state index contributed by atoms with van der Waals surface area (Å²) in [7, 11) is 2.26. The molecule has 3 amide bonds. The molecule has 0 saturated carbocycles. The zero-order chi connectivity index (χ0) is 58.6. The number of nitro benzene ring substituents is 1. The van der Waals surface area contributed by atoms with Gasteiger partial charge in [-0.3, -0.25) is 43.9 Å². The minimum Gasteiger partial charge on any atom is -0.491 e. The predicted molar refractivity (Wildman–Crippen MR) is 298 cm³/mol. The molecule has 1 N–H and O–H groups in total. The molecule has 3 saturated heterocycles. The normalized spacial score (nSPS) is 21.5. The van der Waals surface area contributed by atoms with E-state index in [0.29, 0.717) is 59.1 Å². The molecule has 430 valence electrons. The van der Waals surface area contributed by atoms with E-state index < -0.39 is 88.8 Å². The Morgan fingerprint density at radius 2 is 1.43 bits per heavy atom. The molecule has 0 aliphatic carbocycles. The van der Waals surface area contributed by atoms with Crippen LogP contribution >= 0.6 is 0 Å². The molecule has 3 fully saturated rings. The second-order valence-electron chi connectivity index (χ2n) is 20.7. The van der Waals surface area contributed by atoms with Crippen molar-refractivity contribution in [3.8, 4) is 29.1 Å². The van der Waals surface area contributed by atoms with Crippen LogP contribution in [0.25, 0.3) is 0 Å². The highest BCUT2D eigenvalue weighted by Crippen LogP contribution is 2.66. The summed E-state index contributed by atoms with van der Waals surface area (Å²) in [5.41, 5.74) is 0.996. The molecule has 11 rings (SSSR count). The van der Waals surface area contributed by atoms with Gasteiger partial charge in [-0.2, -0.15) is 0 Å². The fourth-order valence-corrected chi connectivity index (χ4v) is 12.2. The highest BCUT2D eigenvalue weighted by Gasteiger charge is 2.76. The van der Waals surface area contributed by atoms with Crippen LogP contribution in [0.15, 0.2) is 146 Å². The van der Waals surface area contributed by atoms with Crippen molar-refractivity contribution in [3.63, 3.8) is 0 Å². The van der Waals surface area contributed by atoms with Gasteiger partial charge in [0, 0.05) is 56.8 Å². The number of aliphatic hydroxyl groups excluding tert-OH is 1. The standard InChI is InChI=1S/C63H57N5O16/c1-78-58(71)47(59(72)79-2)15-9-10-39-18-26-49-48(34-39)63(61(74)66(49)62(75)81-37-40-16-22-45(23-17-40)68(76)77)52(57(70)65-30-28-64(29-31-65)36-41-19-27-50-51(35-41)83-38-82-50)54-60(73)84-55(43-13-7-4-8-14-43)53(42-11-5-3-6-12-42)67(54)56(63)44-20-24-46(25-21-44)80-33-32-69/h3-8,11-14,16-27,34-35,47,52-56,69H,15,28-33,36-38H2,1-2H3/t52-,53-,54-,55+,56+,63-/m0/s1. The summed E-state index contributed by atoms with van der Waals surface area (Å²) in [6.07, 6.45) is -2.51. The second kappa shape index (κ2) is 24.1. The number of piperazine rings is 1. The lowest BCUT2D eigenvalue weighted by molar-refractivity contribution is -0.384. The van der Waals surface area contributed by atoms with E-state index in [1.807, 2.05) is 83.8 Å². The molecular weight excluding hydrogens is 1080 g/mol. The molecule has 0 radical (unpaired) electrons. The van der Waals surface area contributed by atoms with Crippen LogP contribution in [0.2, 0.25) is 0 Å². The lowest BCUT2D eigenvalue weighted by Crippen LogP contribution is -2.59. The molecular formula is C63H57N5O16. The molecule has 0 bridgehead atoms. The first-order valence-electron chi connectivity index (χ1n) is 27.2. The smallest absolute Gasteiger partial charge is 0.421 e. The van der Waals surface area contributed by atoms with Gasteiger partial charge in [-0.1, -0.05) is 90.7 Å². The average Bonchev–Trinajstić information content (AvgIpc) is 1.52. The Morgan fingerprint density at radius 1 is 0.762 bits per heavy atom. The van der Waals surface area contributed by atoms with E-state index in [0.717, 1.165) is 24.7 Å². The maximum atomic E-state index is 16.9. The van der Waals surface area contributed by atoms with Crippen molar-refractivity contribution in [2.45, 2.75) is 49.2 Å². The van der Waals surface area contributed by atoms with Crippen molar-refractivity contribution < 1.29 is 72.0 Å².